The van der Waals surface area contributed by atoms with Gasteiger partial charge in [-0.05, 0) is 37.8 Å². The summed E-state index contributed by atoms with van der Waals surface area (Å²) < 4.78 is 5.53. The number of amides is 1. The van der Waals surface area contributed by atoms with Gasteiger partial charge < -0.3 is 15.5 Å². The Hall–Kier alpha value is -1.66. The maximum atomic E-state index is 12.1. The molecule has 1 amide bonds. The summed E-state index contributed by atoms with van der Waals surface area (Å²) in [5, 5.41) is 2.91. The van der Waals surface area contributed by atoms with Gasteiger partial charge in [0.15, 0.2) is 0 Å². The number of pyridine rings is 1. The van der Waals surface area contributed by atoms with E-state index in [1.165, 1.54) is 0 Å². The number of nitrogens with one attached hydrogen (secondary N) is 2. The van der Waals surface area contributed by atoms with E-state index in [0.717, 1.165) is 38.0 Å². The van der Waals surface area contributed by atoms with E-state index >= 15 is 0 Å². The highest BCUT2D eigenvalue weighted by Crippen LogP contribution is 2.15. The molecule has 0 bridgehead atoms. The summed E-state index contributed by atoms with van der Waals surface area (Å²) in [5.41, 5.74) is 3.91. The first-order valence-electron chi connectivity index (χ1n) is 7.10. The maximum Gasteiger partial charge on any atom is 0.251 e. The topological polar surface area (TPSA) is 89.3 Å². The van der Waals surface area contributed by atoms with E-state index in [-0.39, 0.29) is 5.91 Å². The molecule has 20 heavy (non-hydrogen) atoms. The SMILES string of the molecule is CCc1cc(C(=O)NCCC2CCCO2)cc(NN)n1. The largest absolute Gasteiger partial charge is 0.378 e. The molecule has 1 aromatic heterocycles. The van der Waals surface area contributed by atoms with Crippen molar-refractivity contribution in [2.45, 2.75) is 38.7 Å². The summed E-state index contributed by atoms with van der Waals surface area (Å²) in [6, 6.07) is 3.45. The van der Waals surface area contributed by atoms with Gasteiger partial charge in [-0.25, -0.2) is 10.8 Å². The fraction of sp³-hybridized carbons (Fsp3) is 0.571. The van der Waals surface area contributed by atoms with Crippen LogP contribution in [0.15, 0.2) is 12.1 Å². The Balaban J connectivity index is 1.90. The number of carbonyl (C=O) groups is 1. The number of ether oxygens (including phenoxy) is 1. The molecule has 0 saturated carbocycles. The molecule has 1 fully saturated rings. The molecular formula is C14H22N4O2. The number of aromatic nitrogens is 1. The zero-order chi connectivity index (χ0) is 14.4. The Bertz CT molecular complexity index is 436. The Morgan fingerprint density at radius 3 is 3.05 bits per heavy atom. The lowest BCUT2D eigenvalue weighted by molar-refractivity contribution is 0.0907. The smallest absolute Gasteiger partial charge is 0.251 e. The van der Waals surface area contributed by atoms with Crippen LogP contribution < -0.4 is 16.6 Å². The second-order valence-corrected chi connectivity index (χ2v) is 4.91. The molecule has 6 nitrogen and oxygen atoms in total. The van der Waals surface area contributed by atoms with Crippen molar-refractivity contribution in [3.05, 3.63) is 23.4 Å². The zero-order valence-electron chi connectivity index (χ0n) is 11.8. The number of hydrogen-bond acceptors (Lipinski definition) is 5. The van der Waals surface area contributed by atoms with Crippen molar-refractivity contribution in [3.8, 4) is 0 Å². The molecule has 6 heteroatoms. The van der Waals surface area contributed by atoms with Crippen LogP contribution in [0.1, 0.15) is 42.2 Å². The molecule has 110 valence electrons. The molecule has 1 aliphatic heterocycles. The average molecular weight is 278 g/mol. The maximum absolute atomic E-state index is 12.1. The van der Waals surface area contributed by atoms with Crippen LogP contribution in [0.5, 0.6) is 0 Å². The van der Waals surface area contributed by atoms with E-state index in [9.17, 15) is 4.79 Å². The molecule has 1 saturated heterocycles. The second-order valence-electron chi connectivity index (χ2n) is 4.91. The van der Waals surface area contributed by atoms with Gasteiger partial charge in [0, 0.05) is 24.4 Å². The van der Waals surface area contributed by atoms with Gasteiger partial charge in [-0.15, -0.1) is 0 Å². The van der Waals surface area contributed by atoms with Crippen LogP contribution in [0.25, 0.3) is 0 Å². The Labute approximate surface area is 119 Å². The first-order valence-corrected chi connectivity index (χ1v) is 7.10. The van der Waals surface area contributed by atoms with Gasteiger partial charge in [-0.2, -0.15) is 0 Å². The summed E-state index contributed by atoms with van der Waals surface area (Å²) in [5.74, 6) is 5.77. The van der Waals surface area contributed by atoms with E-state index in [0.29, 0.717) is 24.0 Å². The van der Waals surface area contributed by atoms with Crippen LogP contribution in [0.4, 0.5) is 5.82 Å². The zero-order valence-corrected chi connectivity index (χ0v) is 11.8. The Morgan fingerprint density at radius 2 is 2.40 bits per heavy atom. The van der Waals surface area contributed by atoms with Crippen LogP contribution in [0.2, 0.25) is 0 Å². The number of aryl methyl sites for hydroxylation is 1. The standard InChI is InChI=1S/C14H22N4O2/c1-2-11-8-10(9-13(17-11)18-15)14(19)16-6-5-12-4-3-7-20-12/h8-9,12H,2-7,15H2,1H3,(H,16,19)(H,17,18). The Morgan fingerprint density at radius 1 is 1.55 bits per heavy atom. The number of carbonyl (C=O) groups excluding carboxylic acids is 1. The molecule has 1 unspecified atom stereocenters. The van der Waals surface area contributed by atoms with Crippen molar-refractivity contribution in [2.75, 3.05) is 18.6 Å². The number of hydrazine groups is 1. The van der Waals surface area contributed by atoms with Gasteiger partial charge in [0.25, 0.3) is 5.91 Å². The van der Waals surface area contributed by atoms with Crippen LogP contribution in [-0.4, -0.2) is 30.1 Å². The summed E-state index contributed by atoms with van der Waals surface area (Å²) in [6.45, 7) is 3.45. The number of rotatable bonds is 6. The van der Waals surface area contributed by atoms with Crippen LogP contribution >= 0.6 is 0 Å². The third-order valence-electron chi connectivity index (χ3n) is 3.43. The second kappa shape index (κ2) is 7.21. The minimum Gasteiger partial charge on any atom is -0.378 e. The number of nitrogen functional groups attached to an aromatic ring is 1. The van der Waals surface area contributed by atoms with Crippen LogP contribution in [0.3, 0.4) is 0 Å². The minimum atomic E-state index is -0.100. The lowest BCUT2D eigenvalue weighted by atomic mass is 10.1. The van der Waals surface area contributed by atoms with Crippen molar-refractivity contribution in [2.24, 2.45) is 5.84 Å². The van der Waals surface area contributed by atoms with Crippen molar-refractivity contribution >= 4 is 11.7 Å². The molecule has 4 N–H and O–H groups in total. The number of nitrogens with zero attached hydrogens (tertiary/aromatic N) is 1. The third kappa shape index (κ3) is 3.91. The van der Waals surface area contributed by atoms with Crippen LogP contribution in [-0.2, 0) is 11.2 Å². The fourth-order valence-electron chi connectivity index (χ4n) is 2.29. The van der Waals surface area contributed by atoms with E-state index < -0.39 is 0 Å². The molecule has 1 aromatic rings. The summed E-state index contributed by atoms with van der Waals surface area (Å²) in [7, 11) is 0. The summed E-state index contributed by atoms with van der Waals surface area (Å²) in [6.07, 6.45) is 4.12. The van der Waals surface area contributed by atoms with Crippen molar-refractivity contribution in [1.29, 1.82) is 0 Å². The third-order valence-corrected chi connectivity index (χ3v) is 3.43. The van der Waals surface area contributed by atoms with Crippen molar-refractivity contribution in [1.82, 2.24) is 10.3 Å². The predicted molar refractivity (Wildman–Crippen MR) is 77.3 cm³/mol. The van der Waals surface area contributed by atoms with Gasteiger partial charge in [0.05, 0.1) is 6.10 Å². The molecule has 0 aliphatic carbocycles. The predicted octanol–water partition coefficient (Wildman–Crippen LogP) is 1.23. The summed E-state index contributed by atoms with van der Waals surface area (Å²) >= 11 is 0. The number of anilines is 1. The van der Waals surface area contributed by atoms with Crippen LogP contribution in [0, 0.1) is 0 Å². The molecule has 2 rings (SSSR count). The fourth-order valence-corrected chi connectivity index (χ4v) is 2.29. The first kappa shape index (κ1) is 14.7. The molecule has 0 radical (unpaired) electrons. The molecule has 2 heterocycles. The van der Waals surface area contributed by atoms with Gasteiger partial charge in [-0.3, -0.25) is 4.79 Å². The number of hydrogen-bond donors (Lipinski definition) is 3. The van der Waals surface area contributed by atoms with Gasteiger partial charge >= 0.3 is 0 Å². The quantitative estimate of drug-likeness (QED) is 0.538. The van der Waals surface area contributed by atoms with E-state index in [1.807, 2.05) is 6.92 Å². The molecule has 1 atom stereocenters. The lowest BCUT2D eigenvalue weighted by Gasteiger charge is -2.11. The number of nitrogens with two attached hydrogens (primary N) is 1. The highest BCUT2D eigenvalue weighted by atomic mass is 16.5. The first-order chi connectivity index (χ1) is 9.72. The highest BCUT2D eigenvalue weighted by Gasteiger charge is 2.15. The molecule has 0 aromatic carbocycles. The molecule has 1 aliphatic rings. The molecular weight excluding hydrogens is 256 g/mol. The lowest BCUT2D eigenvalue weighted by Crippen LogP contribution is -2.27. The van der Waals surface area contributed by atoms with Gasteiger partial charge in [0.1, 0.15) is 5.82 Å². The van der Waals surface area contributed by atoms with Gasteiger partial charge in [0.2, 0.25) is 0 Å². The van der Waals surface area contributed by atoms with Crippen molar-refractivity contribution in [3.63, 3.8) is 0 Å². The highest BCUT2D eigenvalue weighted by molar-refractivity contribution is 5.94. The van der Waals surface area contributed by atoms with Gasteiger partial charge in [-0.1, -0.05) is 6.92 Å². The average Bonchev–Trinajstić information content (AvgIpc) is 2.99. The molecule has 0 spiro atoms. The van der Waals surface area contributed by atoms with E-state index in [1.54, 1.807) is 12.1 Å². The monoisotopic (exact) mass is 278 g/mol. The summed E-state index contributed by atoms with van der Waals surface area (Å²) in [4.78, 5) is 16.4. The van der Waals surface area contributed by atoms with E-state index in [2.05, 4.69) is 15.7 Å². The van der Waals surface area contributed by atoms with Crippen molar-refractivity contribution < 1.29 is 9.53 Å². The Kier molecular flexibility index (Phi) is 5.31. The van der Waals surface area contributed by atoms with E-state index in [4.69, 9.17) is 10.6 Å². The minimum absolute atomic E-state index is 0.100. The normalized spacial score (nSPS) is 18.0.